The predicted octanol–water partition coefficient (Wildman–Crippen LogP) is 3.74. The molecule has 2 rings (SSSR count). The Balaban J connectivity index is 1.88. The van der Waals surface area contributed by atoms with Crippen molar-refractivity contribution in [3.05, 3.63) is 54.6 Å². The van der Waals surface area contributed by atoms with Crippen molar-refractivity contribution < 1.29 is 19.1 Å². The monoisotopic (exact) mass is 415 g/mol. The molecule has 0 heterocycles. The van der Waals surface area contributed by atoms with Gasteiger partial charge in [0.25, 0.3) is 5.91 Å². The smallest absolute Gasteiger partial charge is 0.329 e. The average Bonchev–Trinajstić information content (AvgIpc) is 2.71. The molecule has 0 aliphatic carbocycles. The van der Waals surface area contributed by atoms with Gasteiger partial charge in [-0.2, -0.15) is 0 Å². The summed E-state index contributed by atoms with van der Waals surface area (Å²) in [5.41, 5.74) is 1.26. The molecule has 0 saturated carbocycles. The molecular formula is C21H25N3O4S. The maximum atomic E-state index is 12.4. The fourth-order valence-electron chi connectivity index (χ4n) is 2.49. The van der Waals surface area contributed by atoms with Crippen LogP contribution < -0.4 is 16.0 Å². The number of esters is 1. The van der Waals surface area contributed by atoms with E-state index in [0.29, 0.717) is 11.4 Å². The Hall–Kier alpha value is -3.00. The van der Waals surface area contributed by atoms with Crippen LogP contribution in [0.3, 0.4) is 0 Å². The van der Waals surface area contributed by atoms with Crippen LogP contribution in [0.1, 0.15) is 13.8 Å². The Kier molecular flexibility index (Phi) is 8.54. The van der Waals surface area contributed by atoms with Crippen molar-refractivity contribution in [1.82, 2.24) is 5.32 Å². The van der Waals surface area contributed by atoms with E-state index in [1.807, 2.05) is 30.5 Å². The van der Waals surface area contributed by atoms with Crippen molar-refractivity contribution in [3.8, 4) is 0 Å². The van der Waals surface area contributed by atoms with Crippen molar-refractivity contribution in [2.24, 2.45) is 5.92 Å². The zero-order chi connectivity index (χ0) is 21.2. The van der Waals surface area contributed by atoms with Gasteiger partial charge in [-0.15, -0.1) is 11.8 Å². The van der Waals surface area contributed by atoms with Crippen molar-refractivity contribution >= 4 is 41.0 Å². The summed E-state index contributed by atoms with van der Waals surface area (Å²) < 4.78 is 5.12. The molecule has 0 aliphatic rings. The van der Waals surface area contributed by atoms with Crippen LogP contribution in [0.5, 0.6) is 0 Å². The molecule has 0 bridgehead atoms. The first-order chi connectivity index (χ1) is 13.9. The molecule has 7 nitrogen and oxygen atoms in total. The summed E-state index contributed by atoms with van der Waals surface area (Å²) in [6.45, 7) is 3.12. The third-order valence-corrected chi connectivity index (χ3v) is 4.76. The second-order valence-corrected chi connectivity index (χ2v) is 7.39. The Morgan fingerprint density at radius 1 is 0.966 bits per heavy atom. The van der Waals surface area contributed by atoms with Crippen molar-refractivity contribution in [2.75, 3.05) is 23.5 Å². The van der Waals surface area contributed by atoms with E-state index in [2.05, 4.69) is 16.0 Å². The lowest BCUT2D eigenvalue weighted by Gasteiger charge is -2.21. The third kappa shape index (κ3) is 7.15. The molecule has 29 heavy (non-hydrogen) atoms. The molecule has 1 atom stereocenters. The summed E-state index contributed by atoms with van der Waals surface area (Å²) in [5.74, 6) is -1.34. The van der Waals surface area contributed by atoms with Crippen LogP contribution in [0, 0.1) is 5.92 Å². The normalized spacial score (nSPS) is 11.4. The van der Waals surface area contributed by atoms with E-state index in [1.54, 1.807) is 44.2 Å². The van der Waals surface area contributed by atoms with E-state index >= 15 is 0 Å². The summed E-state index contributed by atoms with van der Waals surface area (Å²) in [6, 6.07) is 14.8. The Morgan fingerprint density at radius 3 is 2.28 bits per heavy atom. The third-order valence-electron chi connectivity index (χ3n) is 3.97. The molecule has 0 spiro atoms. The van der Waals surface area contributed by atoms with E-state index in [-0.39, 0.29) is 5.92 Å². The summed E-state index contributed by atoms with van der Waals surface area (Å²) in [4.78, 5) is 37.6. The number of para-hydroxylation sites is 2. The molecule has 0 fully saturated rings. The Bertz CT molecular complexity index is 843. The average molecular weight is 416 g/mol. The number of nitrogens with one attached hydrogen (secondary N) is 3. The largest absolute Gasteiger partial charge is 0.454 e. The van der Waals surface area contributed by atoms with Gasteiger partial charge in [0.1, 0.15) is 6.04 Å². The van der Waals surface area contributed by atoms with Gasteiger partial charge in [-0.3, -0.25) is 4.79 Å². The zero-order valence-corrected chi connectivity index (χ0v) is 17.4. The zero-order valence-electron chi connectivity index (χ0n) is 16.6. The van der Waals surface area contributed by atoms with Gasteiger partial charge in [-0.25, -0.2) is 9.59 Å². The first kappa shape index (κ1) is 22.3. The van der Waals surface area contributed by atoms with Gasteiger partial charge >= 0.3 is 12.0 Å². The number of benzene rings is 2. The number of carbonyl (C=O) groups is 3. The second kappa shape index (κ2) is 11.1. The van der Waals surface area contributed by atoms with Crippen molar-refractivity contribution in [1.29, 1.82) is 0 Å². The van der Waals surface area contributed by atoms with Gasteiger partial charge in [0, 0.05) is 10.6 Å². The lowest BCUT2D eigenvalue weighted by atomic mass is 10.1. The lowest BCUT2D eigenvalue weighted by molar-refractivity contribution is -0.150. The van der Waals surface area contributed by atoms with E-state index in [1.165, 1.54) is 11.8 Å². The molecule has 3 N–H and O–H groups in total. The van der Waals surface area contributed by atoms with Gasteiger partial charge in [-0.05, 0) is 36.4 Å². The SMILES string of the molecule is CSc1ccccc1NC(=O)COC(=O)[C@@H](NC(=O)Nc1ccccc1)C(C)C. The van der Waals surface area contributed by atoms with Crippen LogP contribution in [0.4, 0.5) is 16.2 Å². The Labute approximate surface area is 174 Å². The molecule has 0 aliphatic heterocycles. The molecular weight excluding hydrogens is 390 g/mol. The number of urea groups is 1. The van der Waals surface area contributed by atoms with Crippen molar-refractivity contribution in [3.63, 3.8) is 0 Å². The summed E-state index contributed by atoms with van der Waals surface area (Å²) >= 11 is 1.50. The number of carbonyl (C=O) groups excluding carboxylic acids is 3. The highest BCUT2D eigenvalue weighted by Crippen LogP contribution is 2.24. The van der Waals surface area contributed by atoms with Gasteiger partial charge < -0.3 is 20.7 Å². The van der Waals surface area contributed by atoms with Crippen LogP contribution in [0.2, 0.25) is 0 Å². The minimum absolute atomic E-state index is 0.218. The van der Waals surface area contributed by atoms with Gasteiger partial charge in [0.15, 0.2) is 6.61 Å². The number of hydrogen-bond donors (Lipinski definition) is 3. The summed E-state index contributed by atoms with van der Waals surface area (Å²) in [5, 5.41) is 7.97. The van der Waals surface area contributed by atoms with Gasteiger partial charge in [-0.1, -0.05) is 44.2 Å². The first-order valence-corrected chi connectivity index (χ1v) is 10.3. The van der Waals surface area contributed by atoms with E-state index in [4.69, 9.17) is 4.74 Å². The maximum Gasteiger partial charge on any atom is 0.329 e. The van der Waals surface area contributed by atoms with Crippen molar-refractivity contribution in [2.45, 2.75) is 24.8 Å². The van der Waals surface area contributed by atoms with E-state index in [0.717, 1.165) is 4.90 Å². The van der Waals surface area contributed by atoms with E-state index < -0.39 is 30.6 Å². The standard InChI is InChI=1S/C21H25N3O4S/c1-14(2)19(24-21(27)22-15-9-5-4-6-10-15)20(26)28-13-18(25)23-16-11-7-8-12-17(16)29-3/h4-12,14,19H,13H2,1-3H3,(H,23,25)(H2,22,24,27)/t19-/m0/s1. The Morgan fingerprint density at radius 2 is 1.62 bits per heavy atom. The summed E-state index contributed by atoms with van der Waals surface area (Å²) in [6.07, 6.45) is 1.91. The van der Waals surface area contributed by atoms with Gasteiger partial charge in [0.2, 0.25) is 0 Å². The summed E-state index contributed by atoms with van der Waals surface area (Å²) in [7, 11) is 0. The second-order valence-electron chi connectivity index (χ2n) is 6.54. The molecule has 3 amide bonds. The fraction of sp³-hybridized carbons (Fsp3) is 0.286. The van der Waals surface area contributed by atoms with Crippen LogP contribution in [-0.4, -0.2) is 36.8 Å². The quantitative estimate of drug-likeness (QED) is 0.451. The molecule has 154 valence electrons. The minimum atomic E-state index is -0.884. The number of hydrogen-bond acceptors (Lipinski definition) is 5. The molecule has 2 aromatic rings. The minimum Gasteiger partial charge on any atom is -0.454 e. The number of rotatable bonds is 8. The number of anilines is 2. The van der Waals surface area contributed by atoms with Crippen LogP contribution in [0.25, 0.3) is 0 Å². The topological polar surface area (TPSA) is 96.5 Å². The highest BCUT2D eigenvalue weighted by atomic mass is 32.2. The molecule has 0 radical (unpaired) electrons. The fourth-order valence-corrected chi connectivity index (χ4v) is 3.04. The van der Waals surface area contributed by atoms with Crippen LogP contribution in [0.15, 0.2) is 59.5 Å². The van der Waals surface area contributed by atoms with Gasteiger partial charge in [0.05, 0.1) is 5.69 Å². The number of thioether (sulfide) groups is 1. The highest BCUT2D eigenvalue weighted by molar-refractivity contribution is 7.98. The van der Waals surface area contributed by atoms with Crippen LogP contribution >= 0.6 is 11.8 Å². The molecule has 0 saturated heterocycles. The molecule has 0 aromatic heterocycles. The maximum absolute atomic E-state index is 12.4. The lowest BCUT2D eigenvalue weighted by Crippen LogP contribution is -2.47. The number of ether oxygens (including phenoxy) is 1. The first-order valence-electron chi connectivity index (χ1n) is 9.12. The molecule has 8 heteroatoms. The molecule has 2 aromatic carbocycles. The predicted molar refractivity (Wildman–Crippen MR) is 115 cm³/mol. The van der Waals surface area contributed by atoms with Crippen LogP contribution in [-0.2, 0) is 14.3 Å². The number of amides is 3. The molecule has 0 unspecified atom stereocenters. The highest BCUT2D eigenvalue weighted by Gasteiger charge is 2.26. The van der Waals surface area contributed by atoms with E-state index in [9.17, 15) is 14.4 Å².